The minimum atomic E-state index is -3.69. The summed E-state index contributed by atoms with van der Waals surface area (Å²) in [7, 11) is -3.69. The topological polar surface area (TPSA) is 98.0 Å². The van der Waals surface area contributed by atoms with Crippen molar-refractivity contribution in [3.8, 4) is 0 Å². The van der Waals surface area contributed by atoms with Crippen LogP contribution in [0, 0.1) is 6.92 Å². The van der Waals surface area contributed by atoms with Gasteiger partial charge in [-0.15, -0.1) is 10.2 Å². The Balaban J connectivity index is 2.24. The van der Waals surface area contributed by atoms with Gasteiger partial charge >= 0.3 is 0 Å². The van der Waals surface area contributed by atoms with E-state index in [-0.39, 0.29) is 15.5 Å². The van der Waals surface area contributed by atoms with Crippen LogP contribution in [-0.2, 0) is 10.0 Å². The van der Waals surface area contributed by atoms with Gasteiger partial charge < -0.3 is 5.73 Å². The van der Waals surface area contributed by atoms with E-state index in [9.17, 15) is 8.42 Å². The average Bonchev–Trinajstić information content (AvgIpc) is 2.76. The zero-order valence-corrected chi connectivity index (χ0v) is 12.1. The zero-order chi connectivity index (χ0) is 14.0. The Morgan fingerprint density at radius 3 is 2.58 bits per heavy atom. The summed E-state index contributed by atoms with van der Waals surface area (Å²) in [4.78, 5) is 0. The molecule has 2 aromatic rings. The molecule has 0 fully saturated rings. The Labute approximate surface area is 115 Å². The number of hydrogen-bond acceptors (Lipinski definition) is 6. The molecule has 1 aromatic heterocycles. The van der Waals surface area contributed by atoms with Gasteiger partial charge in [0, 0.05) is 6.04 Å². The van der Waals surface area contributed by atoms with E-state index < -0.39 is 10.0 Å². The molecule has 1 unspecified atom stereocenters. The van der Waals surface area contributed by atoms with Crippen molar-refractivity contribution in [2.45, 2.75) is 24.2 Å². The van der Waals surface area contributed by atoms with Gasteiger partial charge in [-0.3, -0.25) is 0 Å². The number of hydrogen-bond donors (Lipinski definition) is 2. The van der Waals surface area contributed by atoms with Crippen molar-refractivity contribution in [3.63, 3.8) is 0 Å². The quantitative estimate of drug-likeness (QED) is 0.890. The van der Waals surface area contributed by atoms with E-state index in [2.05, 4.69) is 14.9 Å². The lowest BCUT2D eigenvalue weighted by Crippen LogP contribution is -2.27. The van der Waals surface area contributed by atoms with Crippen molar-refractivity contribution in [1.29, 1.82) is 0 Å². The third kappa shape index (κ3) is 3.09. The van der Waals surface area contributed by atoms with Gasteiger partial charge in [-0.2, -0.15) is 0 Å². The summed E-state index contributed by atoms with van der Waals surface area (Å²) in [6, 6.07) is 7.25. The number of rotatable bonds is 4. The first-order valence-corrected chi connectivity index (χ1v) is 7.87. The Morgan fingerprint density at radius 1 is 1.32 bits per heavy atom. The molecule has 0 aliphatic rings. The normalized spacial score (nSPS) is 13.4. The highest BCUT2D eigenvalue weighted by Crippen LogP contribution is 2.22. The first kappa shape index (κ1) is 13.9. The van der Waals surface area contributed by atoms with E-state index in [4.69, 9.17) is 5.73 Å². The third-order valence-electron chi connectivity index (χ3n) is 2.64. The van der Waals surface area contributed by atoms with Crippen LogP contribution in [0.2, 0.25) is 0 Å². The van der Waals surface area contributed by atoms with Gasteiger partial charge in [0.05, 0.1) is 0 Å². The molecule has 0 bridgehead atoms. The molecule has 3 N–H and O–H groups in total. The summed E-state index contributed by atoms with van der Waals surface area (Å²) < 4.78 is 26.6. The molecule has 0 saturated heterocycles. The van der Waals surface area contributed by atoms with E-state index >= 15 is 0 Å². The van der Waals surface area contributed by atoms with Crippen LogP contribution >= 0.6 is 11.3 Å². The molecular formula is C11H14N4O2S2. The summed E-state index contributed by atoms with van der Waals surface area (Å²) in [6.45, 7) is 3.72. The smallest absolute Gasteiger partial charge is 0.270 e. The maximum atomic E-state index is 12.1. The number of sulfonamides is 1. The Hall–Kier alpha value is -1.51. The fourth-order valence-electron chi connectivity index (χ4n) is 1.75. The third-order valence-corrected chi connectivity index (χ3v) is 5.30. The number of aromatic nitrogens is 2. The van der Waals surface area contributed by atoms with Gasteiger partial charge in [0.1, 0.15) is 0 Å². The van der Waals surface area contributed by atoms with Crippen LogP contribution in [0.5, 0.6) is 0 Å². The van der Waals surface area contributed by atoms with Crippen molar-refractivity contribution in [2.24, 2.45) is 0 Å². The Bertz CT molecular complexity index is 682. The first-order valence-electron chi connectivity index (χ1n) is 5.57. The van der Waals surface area contributed by atoms with Crippen LogP contribution in [0.4, 0.5) is 5.13 Å². The number of nitrogens with one attached hydrogen (secondary N) is 1. The largest absolute Gasteiger partial charge is 0.374 e. The molecule has 0 amide bonds. The van der Waals surface area contributed by atoms with Gasteiger partial charge in [-0.25, -0.2) is 13.1 Å². The lowest BCUT2D eigenvalue weighted by atomic mass is 10.0. The maximum absolute atomic E-state index is 12.1. The second kappa shape index (κ2) is 5.24. The lowest BCUT2D eigenvalue weighted by molar-refractivity contribution is 0.564. The van der Waals surface area contributed by atoms with Crippen molar-refractivity contribution in [1.82, 2.24) is 14.9 Å². The van der Waals surface area contributed by atoms with Crippen LogP contribution in [-0.4, -0.2) is 18.6 Å². The monoisotopic (exact) mass is 298 g/mol. The predicted octanol–water partition coefficient (Wildman–Crippen LogP) is 1.47. The predicted molar refractivity (Wildman–Crippen MR) is 74.2 cm³/mol. The molecule has 0 radical (unpaired) electrons. The standard InChI is InChI=1S/C11H14N4O2S2/c1-7-5-3-4-6-9(7)8(2)15-19(16,17)11-14-13-10(12)18-11/h3-6,8,15H,1-2H3,(H2,12,13). The number of nitrogens with two attached hydrogens (primary N) is 1. The fourth-order valence-corrected chi connectivity index (χ4v) is 3.77. The van der Waals surface area contributed by atoms with Crippen molar-refractivity contribution in [2.75, 3.05) is 5.73 Å². The molecule has 6 nitrogen and oxygen atoms in total. The summed E-state index contributed by atoms with van der Waals surface area (Å²) in [5, 5.41) is 7.19. The summed E-state index contributed by atoms with van der Waals surface area (Å²) in [6.07, 6.45) is 0. The summed E-state index contributed by atoms with van der Waals surface area (Å²) in [5.41, 5.74) is 7.34. The molecule has 1 heterocycles. The Morgan fingerprint density at radius 2 is 2.00 bits per heavy atom. The van der Waals surface area contributed by atoms with Gasteiger partial charge in [-0.05, 0) is 25.0 Å². The molecule has 2 rings (SSSR count). The molecule has 1 aromatic carbocycles. The SMILES string of the molecule is Cc1ccccc1C(C)NS(=O)(=O)c1nnc(N)s1. The van der Waals surface area contributed by atoms with E-state index in [1.54, 1.807) is 6.92 Å². The van der Waals surface area contributed by atoms with E-state index in [1.165, 1.54) is 0 Å². The van der Waals surface area contributed by atoms with Gasteiger partial charge in [0.15, 0.2) is 0 Å². The van der Waals surface area contributed by atoms with Crippen molar-refractivity contribution < 1.29 is 8.42 Å². The van der Waals surface area contributed by atoms with Crippen LogP contribution in [0.1, 0.15) is 24.1 Å². The molecule has 0 spiro atoms. The van der Waals surface area contributed by atoms with Gasteiger partial charge in [0.2, 0.25) is 9.47 Å². The van der Waals surface area contributed by atoms with Crippen molar-refractivity contribution in [3.05, 3.63) is 35.4 Å². The minimum Gasteiger partial charge on any atom is -0.374 e. The molecular weight excluding hydrogens is 284 g/mol. The first-order chi connectivity index (χ1) is 8.90. The van der Waals surface area contributed by atoms with Crippen LogP contribution in [0.15, 0.2) is 28.6 Å². The van der Waals surface area contributed by atoms with Gasteiger partial charge in [-0.1, -0.05) is 35.6 Å². The number of aryl methyl sites for hydroxylation is 1. The highest BCUT2D eigenvalue weighted by molar-refractivity contribution is 7.91. The number of anilines is 1. The molecule has 8 heteroatoms. The summed E-state index contributed by atoms with van der Waals surface area (Å²) in [5.74, 6) is 0. The second-order valence-corrected chi connectivity index (χ2v) is 7.00. The van der Waals surface area contributed by atoms with Crippen LogP contribution in [0.25, 0.3) is 0 Å². The summed E-state index contributed by atoms with van der Waals surface area (Å²) >= 11 is 0.841. The molecule has 0 aliphatic heterocycles. The number of benzene rings is 1. The van der Waals surface area contributed by atoms with E-state index in [0.717, 1.165) is 22.5 Å². The molecule has 1 atom stereocenters. The molecule has 0 aliphatic carbocycles. The van der Waals surface area contributed by atoms with Gasteiger partial charge in [0.25, 0.3) is 10.0 Å². The highest BCUT2D eigenvalue weighted by Gasteiger charge is 2.23. The molecule has 102 valence electrons. The molecule has 0 saturated carbocycles. The number of nitrogen functional groups attached to an aromatic ring is 1. The highest BCUT2D eigenvalue weighted by atomic mass is 32.2. The van der Waals surface area contributed by atoms with Crippen molar-refractivity contribution >= 4 is 26.5 Å². The minimum absolute atomic E-state index is 0.120. The number of nitrogens with zero attached hydrogens (tertiary/aromatic N) is 2. The van der Waals surface area contributed by atoms with E-state index in [1.807, 2.05) is 31.2 Å². The van der Waals surface area contributed by atoms with Crippen LogP contribution in [0.3, 0.4) is 0 Å². The molecule has 19 heavy (non-hydrogen) atoms. The average molecular weight is 298 g/mol. The van der Waals surface area contributed by atoms with Crippen LogP contribution < -0.4 is 10.5 Å². The second-order valence-electron chi connectivity index (χ2n) is 4.11. The zero-order valence-electron chi connectivity index (χ0n) is 10.5. The lowest BCUT2D eigenvalue weighted by Gasteiger charge is -2.15. The fraction of sp³-hybridized carbons (Fsp3) is 0.273. The Kier molecular flexibility index (Phi) is 3.83. The van der Waals surface area contributed by atoms with E-state index in [0.29, 0.717) is 0 Å². The maximum Gasteiger partial charge on any atom is 0.270 e.